The van der Waals surface area contributed by atoms with Crippen molar-refractivity contribution in [1.29, 1.82) is 0 Å². The second-order valence-electron chi connectivity index (χ2n) is 4.20. The molecule has 5 heteroatoms. The van der Waals surface area contributed by atoms with Gasteiger partial charge in [0, 0.05) is 17.9 Å². The summed E-state index contributed by atoms with van der Waals surface area (Å²) in [4.78, 5) is 11.0. The van der Waals surface area contributed by atoms with Crippen LogP contribution in [-0.4, -0.2) is 27.9 Å². The highest BCUT2D eigenvalue weighted by Crippen LogP contribution is 2.29. The van der Waals surface area contributed by atoms with Crippen LogP contribution >= 0.6 is 27.5 Å². The first-order chi connectivity index (χ1) is 7.68. The SMILES string of the molecule is CC(Br)C1CCN(c2ncncc2Cl)CC1. The van der Waals surface area contributed by atoms with Gasteiger partial charge in [-0.1, -0.05) is 34.5 Å². The molecule has 3 nitrogen and oxygen atoms in total. The molecule has 0 radical (unpaired) electrons. The Balaban J connectivity index is 2.02. The predicted molar refractivity (Wildman–Crippen MR) is 70.4 cm³/mol. The van der Waals surface area contributed by atoms with Gasteiger partial charge in [0.1, 0.15) is 11.3 Å². The lowest BCUT2D eigenvalue weighted by Gasteiger charge is -2.34. The lowest BCUT2D eigenvalue weighted by atomic mass is 9.94. The summed E-state index contributed by atoms with van der Waals surface area (Å²) in [5, 5.41) is 0.646. The number of nitrogens with zero attached hydrogens (tertiary/aromatic N) is 3. The van der Waals surface area contributed by atoms with Crippen molar-refractivity contribution >= 4 is 33.3 Å². The van der Waals surface area contributed by atoms with Gasteiger partial charge in [-0.2, -0.15) is 0 Å². The minimum atomic E-state index is 0.593. The summed E-state index contributed by atoms with van der Waals surface area (Å²) in [7, 11) is 0. The van der Waals surface area contributed by atoms with E-state index in [9.17, 15) is 0 Å². The molecule has 0 aromatic carbocycles. The Labute approximate surface area is 109 Å². The van der Waals surface area contributed by atoms with Crippen molar-refractivity contribution in [2.75, 3.05) is 18.0 Å². The van der Waals surface area contributed by atoms with Gasteiger partial charge in [0.15, 0.2) is 5.82 Å². The van der Waals surface area contributed by atoms with E-state index < -0.39 is 0 Å². The smallest absolute Gasteiger partial charge is 0.150 e. The van der Waals surface area contributed by atoms with Gasteiger partial charge in [0.2, 0.25) is 0 Å². The maximum atomic E-state index is 6.08. The van der Waals surface area contributed by atoms with Crippen molar-refractivity contribution < 1.29 is 0 Å². The first kappa shape index (κ1) is 12.1. The van der Waals surface area contributed by atoms with Crippen LogP contribution in [0.15, 0.2) is 12.5 Å². The Kier molecular flexibility index (Phi) is 4.03. The lowest BCUT2D eigenvalue weighted by Crippen LogP contribution is -2.36. The first-order valence-electron chi connectivity index (χ1n) is 5.53. The lowest BCUT2D eigenvalue weighted by molar-refractivity contribution is 0.405. The molecule has 1 saturated heterocycles. The molecule has 1 aliphatic heterocycles. The quantitative estimate of drug-likeness (QED) is 0.786. The van der Waals surface area contributed by atoms with Crippen LogP contribution in [0.1, 0.15) is 19.8 Å². The topological polar surface area (TPSA) is 29.0 Å². The number of hydrogen-bond acceptors (Lipinski definition) is 3. The minimum Gasteiger partial charge on any atom is -0.355 e. The molecule has 1 fully saturated rings. The average Bonchev–Trinajstić information content (AvgIpc) is 2.30. The molecule has 1 aromatic heterocycles. The van der Waals surface area contributed by atoms with Crippen molar-refractivity contribution in [2.24, 2.45) is 5.92 Å². The third-order valence-electron chi connectivity index (χ3n) is 3.14. The Morgan fingerprint density at radius 2 is 2.19 bits per heavy atom. The van der Waals surface area contributed by atoms with Gasteiger partial charge in [-0.3, -0.25) is 0 Å². The molecule has 2 rings (SSSR count). The van der Waals surface area contributed by atoms with E-state index in [4.69, 9.17) is 11.6 Å². The zero-order valence-corrected chi connectivity index (χ0v) is 11.6. The molecule has 16 heavy (non-hydrogen) atoms. The van der Waals surface area contributed by atoms with Gasteiger partial charge >= 0.3 is 0 Å². The van der Waals surface area contributed by atoms with Gasteiger partial charge in [0.25, 0.3) is 0 Å². The zero-order chi connectivity index (χ0) is 11.5. The van der Waals surface area contributed by atoms with Crippen molar-refractivity contribution in [1.82, 2.24) is 9.97 Å². The Morgan fingerprint density at radius 1 is 1.50 bits per heavy atom. The number of piperidine rings is 1. The van der Waals surface area contributed by atoms with E-state index in [1.807, 2.05) is 0 Å². The summed E-state index contributed by atoms with van der Waals surface area (Å²) in [6, 6.07) is 0. The van der Waals surface area contributed by atoms with Crippen molar-refractivity contribution in [3.05, 3.63) is 17.5 Å². The summed E-state index contributed by atoms with van der Waals surface area (Å²) in [6.45, 7) is 4.27. The highest BCUT2D eigenvalue weighted by atomic mass is 79.9. The minimum absolute atomic E-state index is 0.593. The van der Waals surface area contributed by atoms with E-state index in [0.29, 0.717) is 9.85 Å². The van der Waals surface area contributed by atoms with Crippen molar-refractivity contribution in [3.63, 3.8) is 0 Å². The normalized spacial score (nSPS) is 19.8. The fraction of sp³-hybridized carbons (Fsp3) is 0.636. The van der Waals surface area contributed by atoms with E-state index in [1.54, 1.807) is 12.5 Å². The van der Waals surface area contributed by atoms with Crippen LogP contribution < -0.4 is 4.90 Å². The molecule has 0 aliphatic carbocycles. The van der Waals surface area contributed by atoms with Crippen molar-refractivity contribution in [3.8, 4) is 0 Å². The van der Waals surface area contributed by atoms with Crippen LogP contribution in [0.3, 0.4) is 0 Å². The van der Waals surface area contributed by atoms with Gasteiger partial charge < -0.3 is 4.90 Å². The monoisotopic (exact) mass is 303 g/mol. The Morgan fingerprint density at radius 3 is 2.75 bits per heavy atom. The molecular weight excluding hydrogens is 289 g/mol. The second-order valence-corrected chi connectivity index (χ2v) is 6.05. The second kappa shape index (κ2) is 5.32. The molecule has 0 bridgehead atoms. The van der Waals surface area contributed by atoms with E-state index in [0.717, 1.165) is 24.8 Å². The number of halogens is 2. The number of rotatable bonds is 2. The molecular formula is C11H15BrClN3. The van der Waals surface area contributed by atoms with E-state index in [1.165, 1.54) is 12.8 Å². The third-order valence-corrected chi connectivity index (χ3v) is 4.15. The predicted octanol–water partition coefficient (Wildman–Crippen LogP) is 3.13. The van der Waals surface area contributed by atoms with Crippen LogP contribution in [0.5, 0.6) is 0 Å². The first-order valence-corrected chi connectivity index (χ1v) is 6.82. The van der Waals surface area contributed by atoms with E-state index in [-0.39, 0.29) is 0 Å². The summed E-state index contributed by atoms with van der Waals surface area (Å²) >= 11 is 9.74. The van der Waals surface area contributed by atoms with Gasteiger partial charge in [-0.15, -0.1) is 0 Å². The molecule has 1 atom stereocenters. The average molecular weight is 305 g/mol. The van der Waals surface area contributed by atoms with Crippen LogP contribution in [0, 0.1) is 5.92 Å². The molecule has 1 aliphatic rings. The summed E-state index contributed by atoms with van der Waals surface area (Å²) < 4.78 is 0. The molecule has 2 heterocycles. The van der Waals surface area contributed by atoms with E-state index >= 15 is 0 Å². The Bertz CT molecular complexity index is 351. The molecule has 1 aromatic rings. The van der Waals surface area contributed by atoms with Crippen LogP contribution in [0.4, 0.5) is 5.82 Å². The molecule has 1 unspecified atom stereocenters. The molecule has 0 spiro atoms. The van der Waals surface area contributed by atoms with Gasteiger partial charge in [0.05, 0.1) is 6.20 Å². The Hall–Kier alpha value is -0.350. The van der Waals surface area contributed by atoms with Crippen LogP contribution in [-0.2, 0) is 0 Å². The van der Waals surface area contributed by atoms with Gasteiger partial charge in [-0.25, -0.2) is 9.97 Å². The van der Waals surface area contributed by atoms with Crippen LogP contribution in [0.25, 0.3) is 0 Å². The molecule has 88 valence electrons. The largest absolute Gasteiger partial charge is 0.355 e. The number of aromatic nitrogens is 2. The molecule has 0 N–H and O–H groups in total. The fourth-order valence-electron chi connectivity index (χ4n) is 2.11. The summed E-state index contributed by atoms with van der Waals surface area (Å²) in [6.07, 6.45) is 5.59. The highest BCUT2D eigenvalue weighted by molar-refractivity contribution is 9.09. The number of hydrogen-bond donors (Lipinski definition) is 0. The van der Waals surface area contributed by atoms with Gasteiger partial charge in [-0.05, 0) is 18.8 Å². The molecule has 0 amide bonds. The fourth-order valence-corrected chi connectivity index (χ4v) is 2.86. The number of anilines is 1. The van der Waals surface area contributed by atoms with Crippen molar-refractivity contribution in [2.45, 2.75) is 24.6 Å². The maximum absolute atomic E-state index is 6.08. The number of alkyl halides is 1. The zero-order valence-electron chi connectivity index (χ0n) is 9.24. The standard InChI is InChI=1S/C11H15BrClN3/c1-8(12)9-2-4-16(5-3-9)11-10(13)6-14-7-15-11/h6-9H,2-5H2,1H3. The maximum Gasteiger partial charge on any atom is 0.150 e. The summed E-state index contributed by atoms with van der Waals surface area (Å²) in [5.41, 5.74) is 0. The van der Waals surface area contributed by atoms with Crippen LogP contribution in [0.2, 0.25) is 5.02 Å². The highest BCUT2D eigenvalue weighted by Gasteiger charge is 2.24. The summed E-state index contributed by atoms with van der Waals surface area (Å²) in [5.74, 6) is 1.63. The molecule has 0 saturated carbocycles. The van der Waals surface area contributed by atoms with E-state index in [2.05, 4.69) is 37.7 Å². The third kappa shape index (κ3) is 2.66.